The van der Waals surface area contributed by atoms with Gasteiger partial charge in [-0.3, -0.25) is 19.7 Å². The van der Waals surface area contributed by atoms with Gasteiger partial charge in [-0.15, -0.1) is 0 Å². The Labute approximate surface area is 183 Å². The van der Waals surface area contributed by atoms with Gasteiger partial charge in [0, 0.05) is 37.2 Å². The van der Waals surface area contributed by atoms with Crippen molar-refractivity contribution in [2.45, 2.75) is 19.3 Å². The molecule has 1 N–H and O–H groups in total. The Kier molecular flexibility index (Phi) is 6.18. The van der Waals surface area contributed by atoms with Crippen molar-refractivity contribution in [1.82, 2.24) is 4.90 Å². The van der Waals surface area contributed by atoms with Gasteiger partial charge in [0.1, 0.15) is 0 Å². The number of likely N-dealkylation sites (tertiary alicyclic amines) is 1. The van der Waals surface area contributed by atoms with E-state index in [1.165, 1.54) is 12.1 Å². The molecule has 2 heterocycles. The van der Waals surface area contributed by atoms with E-state index in [4.69, 9.17) is 14.9 Å². The standard InChI is InChI=1S/C23H22N2O7/c26-21(24-11-8-16(9-12-24)23(27)28)7-5-15-2-1-3-19(25(29)30)22(15)18-4-6-20-17(14-18)10-13-31-32-20/h1-7,14,16H,8-13H2,(H,27,28)/b7-5+. The molecule has 2 aliphatic rings. The van der Waals surface area contributed by atoms with Crippen LogP contribution in [0.5, 0.6) is 5.75 Å². The number of fused-ring (bicyclic) bond motifs is 1. The molecule has 0 aliphatic carbocycles. The second-order valence-electron chi connectivity index (χ2n) is 7.75. The maximum atomic E-state index is 12.6. The number of carbonyl (C=O) groups excluding carboxylic acids is 1. The molecular formula is C23H22N2O7. The lowest BCUT2D eigenvalue weighted by molar-refractivity contribution is -0.384. The summed E-state index contributed by atoms with van der Waals surface area (Å²) in [5.41, 5.74) is 2.44. The number of nitrogens with zero attached hydrogens (tertiary/aromatic N) is 2. The summed E-state index contributed by atoms with van der Waals surface area (Å²) in [4.78, 5) is 46.7. The van der Waals surface area contributed by atoms with Gasteiger partial charge in [0.05, 0.1) is 23.0 Å². The maximum Gasteiger partial charge on any atom is 0.306 e. The van der Waals surface area contributed by atoms with E-state index in [1.54, 1.807) is 35.2 Å². The molecule has 9 heteroatoms. The summed E-state index contributed by atoms with van der Waals surface area (Å²) in [6, 6.07) is 10.0. The van der Waals surface area contributed by atoms with E-state index < -0.39 is 16.8 Å². The van der Waals surface area contributed by atoms with E-state index in [-0.39, 0.29) is 11.6 Å². The van der Waals surface area contributed by atoms with Gasteiger partial charge in [-0.05, 0) is 42.2 Å². The minimum absolute atomic E-state index is 0.0604. The highest BCUT2D eigenvalue weighted by Crippen LogP contribution is 2.37. The number of carbonyl (C=O) groups is 2. The number of carboxylic acid groups (broad SMARTS) is 1. The van der Waals surface area contributed by atoms with Crippen LogP contribution < -0.4 is 4.89 Å². The number of benzene rings is 2. The predicted octanol–water partition coefficient (Wildman–Crippen LogP) is 3.46. The van der Waals surface area contributed by atoms with Crippen LogP contribution in [-0.2, 0) is 20.9 Å². The third kappa shape index (κ3) is 4.47. The Morgan fingerprint density at radius 1 is 1.19 bits per heavy atom. The average molecular weight is 438 g/mol. The molecule has 2 aromatic rings. The highest BCUT2D eigenvalue weighted by atomic mass is 17.2. The highest BCUT2D eigenvalue weighted by Gasteiger charge is 2.26. The van der Waals surface area contributed by atoms with E-state index in [1.807, 2.05) is 6.07 Å². The van der Waals surface area contributed by atoms with Crippen molar-refractivity contribution in [2.75, 3.05) is 19.7 Å². The molecular weight excluding hydrogens is 416 g/mol. The second kappa shape index (κ2) is 9.19. The minimum atomic E-state index is -0.837. The molecule has 0 atom stereocenters. The lowest BCUT2D eigenvalue weighted by atomic mass is 9.94. The summed E-state index contributed by atoms with van der Waals surface area (Å²) in [6.45, 7) is 1.14. The lowest BCUT2D eigenvalue weighted by Gasteiger charge is -2.29. The number of aliphatic carboxylic acids is 1. The molecule has 0 unspecified atom stereocenters. The third-order valence-corrected chi connectivity index (χ3v) is 5.79. The van der Waals surface area contributed by atoms with E-state index in [0.29, 0.717) is 61.4 Å². The number of rotatable bonds is 5. The summed E-state index contributed by atoms with van der Waals surface area (Å²) in [5, 5.41) is 20.8. The Morgan fingerprint density at radius 2 is 1.97 bits per heavy atom. The zero-order valence-corrected chi connectivity index (χ0v) is 17.2. The van der Waals surface area contributed by atoms with Crippen LogP contribution in [0.4, 0.5) is 5.69 Å². The van der Waals surface area contributed by atoms with Gasteiger partial charge in [0.15, 0.2) is 5.75 Å². The van der Waals surface area contributed by atoms with E-state index >= 15 is 0 Å². The summed E-state index contributed by atoms with van der Waals surface area (Å²) in [5.74, 6) is -0.932. The average Bonchev–Trinajstić information content (AvgIpc) is 2.82. The van der Waals surface area contributed by atoms with Crippen LogP contribution in [0, 0.1) is 16.0 Å². The van der Waals surface area contributed by atoms with Crippen LogP contribution in [0.1, 0.15) is 24.0 Å². The Bertz CT molecular complexity index is 1090. The number of nitro benzene ring substituents is 1. The summed E-state index contributed by atoms with van der Waals surface area (Å²) >= 11 is 0. The SMILES string of the molecule is O=C(O)C1CCN(C(=O)/C=C/c2cccc([N+](=O)[O-])c2-c2ccc3c(c2)CCOO3)CC1. The van der Waals surface area contributed by atoms with Crippen molar-refractivity contribution >= 4 is 23.6 Å². The molecule has 1 saturated heterocycles. The molecule has 2 aliphatic heterocycles. The molecule has 0 bridgehead atoms. The fraction of sp³-hybridized carbons (Fsp3) is 0.304. The van der Waals surface area contributed by atoms with Gasteiger partial charge < -0.3 is 14.9 Å². The number of piperidine rings is 1. The number of hydrogen-bond acceptors (Lipinski definition) is 6. The van der Waals surface area contributed by atoms with Gasteiger partial charge in [0.25, 0.3) is 5.69 Å². The fourth-order valence-electron chi connectivity index (χ4n) is 4.04. The van der Waals surface area contributed by atoms with Gasteiger partial charge >= 0.3 is 5.97 Å². The van der Waals surface area contributed by atoms with E-state index in [2.05, 4.69) is 0 Å². The first kappa shape index (κ1) is 21.5. The molecule has 0 spiro atoms. The van der Waals surface area contributed by atoms with Gasteiger partial charge in [0.2, 0.25) is 5.91 Å². The molecule has 1 amide bonds. The van der Waals surface area contributed by atoms with Crippen LogP contribution >= 0.6 is 0 Å². The first-order valence-electron chi connectivity index (χ1n) is 10.3. The molecule has 166 valence electrons. The largest absolute Gasteiger partial charge is 0.481 e. The summed E-state index contributed by atoms with van der Waals surface area (Å²) in [7, 11) is 0. The van der Waals surface area contributed by atoms with Crippen LogP contribution in [0.25, 0.3) is 17.2 Å². The third-order valence-electron chi connectivity index (χ3n) is 5.79. The summed E-state index contributed by atoms with van der Waals surface area (Å²) < 4.78 is 0. The number of amides is 1. The zero-order valence-electron chi connectivity index (χ0n) is 17.2. The van der Waals surface area contributed by atoms with Crippen molar-refractivity contribution in [1.29, 1.82) is 0 Å². The Balaban J connectivity index is 1.62. The van der Waals surface area contributed by atoms with Gasteiger partial charge in [-0.25, -0.2) is 0 Å². The molecule has 2 aromatic carbocycles. The van der Waals surface area contributed by atoms with Crippen LogP contribution in [0.3, 0.4) is 0 Å². The predicted molar refractivity (Wildman–Crippen MR) is 115 cm³/mol. The van der Waals surface area contributed by atoms with E-state index in [0.717, 1.165) is 5.56 Å². The zero-order chi connectivity index (χ0) is 22.7. The van der Waals surface area contributed by atoms with Crippen LogP contribution in [-0.4, -0.2) is 46.5 Å². The van der Waals surface area contributed by atoms with Gasteiger partial charge in [-0.1, -0.05) is 18.2 Å². The first-order chi connectivity index (χ1) is 15.4. The smallest absolute Gasteiger partial charge is 0.306 e. The fourth-order valence-corrected chi connectivity index (χ4v) is 4.04. The molecule has 1 fully saturated rings. The lowest BCUT2D eigenvalue weighted by Crippen LogP contribution is -2.39. The molecule has 0 saturated carbocycles. The van der Waals surface area contributed by atoms with Gasteiger partial charge in [-0.2, -0.15) is 4.89 Å². The second-order valence-corrected chi connectivity index (χ2v) is 7.75. The van der Waals surface area contributed by atoms with E-state index in [9.17, 15) is 19.7 Å². The molecule has 0 radical (unpaired) electrons. The highest BCUT2D eigenvalue weighted by molar-refractivity contribution is 5.94. The number of carboxylic acids is 1. The van der Waals surface area contributed by atoms with Crippen molar-refractivity contribution in [3.8, 4) is 16.9 Å². The van der Waals surface area contributed by atoms with Crippen LogP contribution in [0.2, 0.25) is 0 Å². The van der Waals surface area contributed by atoms with Crippen molar-refractivity contribution in [2.24, 2.45) is 5.92 Å². The summed E-state index contributed by atoms with van der Waals surface area (Å²) in [6.07, 6.45) is 4.42. The topological polar surface area (TPSA) is 119 Å². The maximum absolute atomic E-state index is 12.6. The first-order valence-corrected chi connectivity index (χ1v) is 10.3. The van der Waals surface area contributed by atoms with Crippen molar-refractivity contribution in [3.63, 3.8) is 0 Å². The molecule has 0 aromatic heterocycles. The van der Waals surface area contributed by atoms with Crippen molar-refractivity contribution < 1.29 is 29.4 Å². The number of nitro groups is 1. The normalized spacial score (nSPS) is 16.4. The van der Waals surface area contributed by atoms with Crippen molar-refractivity contribution in [3.05, 3.63) is 63.7 Å². The Morgan fingerprint density at radius 3 is 2.69 bits per heavy atom. The number of hydrogen-bond donors (Lipinski definition) is 1. The molecule has 32 heavy (non-hydrogen) atoms. The minimum Gasteiger partial charge on any atom is -0.481 e. The monoisotopic (exact) mass is 438 g/mol. The quantitative estimate of drug-likeness (QED) is 0.329. The molecule has 9 nitrogen and oxygen atoms in total. The Hall–Kier alpha value is -3.72. The molecule has 4 rings (SSSR count). The van der Waals surface area contributed by atoms with Crippen LogP contribution in [0.15, 0.2) is 42.5 Å².